The first-order chi connectivity index (χ1) is 8.15. The molecular weight excluding hydrogens is 250 g/mol. The molecule has 0 aromatic heterocycles. The van der Waals surface area contributed by atoms with Gasteiger partial charge in [-0.25, -0.2) is 0 Å². The van der Waals surface area contributed by atoms with Gasteiger partial charge in [-0.05, 0) is 67.3 Å². The highest BCUT2D eigenvalue weighted by molar-refractivity contribution is 8.00. The Hall–Kier alpha value is -1.12. The van der Waals surface area contributed by atoms with Gasteiger partial charge in [0.05, 0.1) is 0 Å². The maximum Gasteiger partial charge on any atom is 0.0475 e. The van der Waals surface area contributed by atoms with Crippen LogP contribution >= 0.6 is 23.5 Å². The number of hydrogen-bond acceptors (Lipinski definition) is 2. The molecule has 3 heteroatoms. The fourth-order valence-electron chi connectivity index (χ4n) is 1.46. The zero-order valence-corrected chi connectivity index (χ0v) is 11.4. The summed E-state index contributed by atoms with van der Waals surface area (Å²) in [5, 5.41) is 0.765. The summed E-state index contributed by atoms with van der Waals surface area (Å²) in [6, 6.07) is 14.2. The van der Waals surface area contributed by atoms with Crippen LogP contribution in [0, 0.1) is 13.8 Å². The second-order valence-electron chi connectivity index (χ2n) is 3.98. The molecule has 0 radical (unpaired) electrons. The summed E-state index contributed by atoms with van der Waals surface area (Å²) in [6.07, 6.45) is 0. The summed E-state index contributed by atoms with van der Waals surface area (Å²) in [4.78, 5) is 1.15. The third-order valence-corrected chi connectivity index (χ3v) is 3.57. The van der Waals surface area contributed by atoms with Crippen LogP contribution in [0.3, 0.4) is 0 Å². The van der Waals surface area contributed by atoms with E-state index in [4.69, 9.17) is 11.6 Å². The predicted molar refractivity (Wildman–Crippen MR) is 76.8 cm³/mol. The van der Waals surface area contributed by atoms with Gasteiger partial charge in [0.1, 0.15) is 0 Å². The maximum absolute atomic E-state index is 5.85. The molecule has 2 aromatic rings. The van der Waals surface area contributed by atoms with E-state index >= 15 is 0 Å². The quantitative estimate of drug-likeness (QED) is 0.776. The number of rotatable bonds is 3. The third kappa shape index (κ3) is 3.42. The second kappa shape index (κ2) is 5.48. The van der Waals surface area contributed by atoms with Crippen LogP contribution in [0.25, 0.3) is 0 Å². The molecule has 0 unspecified atom stereocenters. The van der Waals surface area contributed by atoms with Crippen molar-refractivity contribution >= 4 is 29.2 Å². The van der Waals surface area contributed by atoms with E-state index < -0.39 is 0 Å². The van der Waals surface area contributed by atoms with E-state index in [0.717, 1.165) is 15.6 Å². The van der Waals surface area contributed by atoms with E-state index in [0.29, 0.717) is 0 Å². The van der Waals surface area contributed by atoms with Crippen LogP contribution in [0.15, 0.2) is 47.4 Å². The number of nitrogens with one attached hydrogen (secondary N) is 1. The lowest BCUT2D eigenvalue weighted by Crippen LogP contribution is -1.90. The molecule has 2 rings (SSSR count). The van der Waals surface area contributed by atoms with Gasteiger partial charge in [-0.2, -0.15) is 0 Å². The highest BCUT2D eigenvalue weighted by Gasteiger charge is 1.99. The monoisotopic (exact) mass is 263 g/mol. The van der Waals surface area contributed by atoms with Gasteiger partial charge >= 0.3 is 0 Å². The van der Waals surface area contributed by atoms with Gasteiger partial charge in [0.2, 0.25) is 0 Å². The van der Waals surface area contributed by atoms with Gasteiger partial charge in [-0.1, -0.05) is 23.7 Å². The fraction of sp³-hybridized carbons (Fsp3) is 0.143. The third-order valence-electron chi connectivity index (χ3n) is 2.49. The minimum absolute atomic E-state index is 0.765. The van der Waals surface area contributed by atoms with E-state index in [1.807, 2.05) is 24.3 Å². The molecular formula is C14H14ClNS. The van der Waals surface area contributed by atoms with Gasteiger partial charge in [0.15, 0.2) is 0 Å². The van der Waals surface area contributed by atoms with Crippen LogP contribution in [-0.4, -0.2) is 0 Å². The van der Waals surface area contributed by atoms with Crippen molar-refractivity contribution in [2.75, 3.05) is 4.72 Å². The lowest BCUT2D eigenvalue weighted by molar-refractivity contribution is 1.39. The number of halogens is 1. The Balaban J connectivity index is 2.07. The highest BCUT2D eigenvalue weighted by Crippen LogP contribution is 2.25. The number of benzene rings is 2. The van der Waals surface area contributed by atoms with Crippen LogP contribution in [-0.2, 0) is 0 Å². The smallest absolute Gasteiger partial charge is 0.0475 e. The Morgan fingerprint density at radius 1 is 1.00 bits per heavy atom. The molecule has 0 saturated heterocycles. The molecule has 0 bridgehead atoms. The fourth-order valence-corrected chi connectivity index (χ4v) is 2.31. The molecule has 0 aliphatic rings. The topological polar surface area (TPSA) is 12.0 Å². The van der Waals surface area contributed by atoms with Crippen LogP contribution < -0.4 is 4.72 Å². The Morgan fingerprint density at radius 2 is 1.71 bits per heavy atom. The highest BCUT2D eigenvalue weighted by atomic mass is 35.5. The van der Waals surface area contributed by atoms with Crippen LogP contribution in [0.2, 0.25) is 5.02 Å². The Bertz CT molecular complexity index is 508. The largest absolute Gasteiger partial charge is 0.325 e. The van der Waals surface area contributed by atoms with E-state index in [1.54, 1.807) is 11.9 Å². The predicted octanol–water partition coefficient (Wildman–Crippen LogP) is 5.08. The summed E-state index contributed by atoms with van der Waals surface area (Å²) >= 11 is 7.44. The average Bonchev–Trinajstić information content (AvgIpc) is 2.32. The van der Waals surface area contributed by atoms with Crippen LogP contribution in [0.4, 0.5) is 5.69 Å². The maximum atomic E-state index is 5.85. The van der Waals surface area contributed by atoms with E-state index in [1.165, 1.54) is 11.1 Å². The minimum Gasteiger partial charge on any atom is -0.325 e. The number of aryl methyl sites for hydroxylation is 2. The molecule has 1 N–H and O–H groups in total. The molecule has 0 saturated carbocycles. The van der Waals surface area contributed by atoms with Crippen molar-refractivity contribution in [2.24, 2.45) is 0 Å². The van der Waals surface area contributed by atoms with Crippen LogP contribution in [0.1, 0.15) is 11.1 Å². The molecule has 0 aliphatic heterocycles. The Labute approximate surface area is 111 Å². The molecule has 88 valence electrons. The van der Waals surface area contributed by atoms with Gasteiger partial charge in [0.25, 0.3) is 0 Å². The van der Waals surface area contributed by atoms with E-state index in [9.17, 15) is 0 Å². The van der Waals surface area contributed by atoms with Crippen molar-refractivity contribution in [3.05, 3.63) is 58.6 Å². The standard InChI is InChI=1S/C14H14ClNS/c1-10-3-4-11(2)14(9-10)16-17-13-7-5-12(15)6-8-13/h3-9,16H,1-2H3. The number of anilines is 1. The van der Waals surface area contributed by atoms with Crippen molar-refractivity contribution < 1.29 is 0 Å². The van der Waals surface area contributed by atoms with Gasteiger partial charge < -0.3 is 4.72 Å². The Morgan fingerprint density at radius 3 is 2.41 bits per heavy atom. The molecule has 0 fully saturated rings. The molecule has 2 aromatic carbocycles. The van der Waals surface area contributed by atoms with Crippen molar-refractivity contribution in [2.45, 2.75) is 18.7 Å². The van der Waals surface area contributed by atoms with Crippen LogP contribution in [0.5, 0.6) is 0 Å². The average molecular weight is 264 g/mol. The summed E-state index contributed by atoms with van der Waals surface area (Å²) in [5.74, 6) is 0. The zero-order chi connectivity index (χ0) is 12.3. The molecule has 0 aliphatic carbocycles. The molecule has 1 nitrogen and oxygen atoms in total. The van der Waals surface area contributed by atoms with Crippen molar-refractivity contribution in [3.63, 3.8) is 0 Å². The summed E-state index contributed by atoms with van der Waals surface area (Å²) < 4.78 is 3.36. The van der Waals surface area contributed by atoms with Gasteiger partial charge in [-0.15, -0.1) is 0 Å². The molecule has 17 heavy (non-hydrogen) atoms. The summed E-state index contributed by atoms with van der Waals surface area (Å²) in [6.45, 7) is 4.20. The van der Waals surface area contributed by atoms with Gasteiger partial charge in [-0.3, -0.25) is 0 Å². The first-order valence-corrected chi connectivity index (χ1v) is 6.60. The molecule has 0 spiro atoms. The zero-order valence-electron chi connectivity index (χ0n) is 9.83. The van der Waals surface area contributed by atoms with Crippen molar-refractivity contribution in [3.8, 4) is 0 Å². The lowest BCUT2D eigenvalue weighted by atomic mass is 10.1. The van der Waals surface area contributed by atoms with E-state index in [2.05, 4.69) is 36.8 Å². The SMILES string of the molecule is Cc1ccc(C)c(NSc2ccc(Cl)cc2)c1. The lowest BCUT2D eigenvalue weighted by Gasteiger charge is -2.09. The summed E-state index contributed by atoms with van der Waals surface area (Å²) in [5.41, 5.74) is 3.66. The van der Waals surface area contributed by atoms with Crippen molar-refractivity contribution in [1.82, 2.24) is 0 Å². The normalized spacial score (nSPS) is 10.3. The molecule has 0 heterocycles. The first-order valence-electron chi connectivity index (χ1n) is 5.41. The molecule has 0 atom stereocenters. The van der Waals surface area contributed by atoms with Gasteiger partial charge in [0, 0.05) is 15.6 Å². The summed E-state index contributed by atoms with van der Waals surface area (Å²) in [7, 11) is 0. The van der Waals surface area contributed by atoms with E-state index in [-0.39, 0.29) is 0 Å². The van der Waals surface area contributed by atoms with Crippen molar-refractivity contribution in [1.29, 1.82) is 0 Å². The first kappa shape index (κ1) is 12.3. The molecule has 0 amide bonds. The minimum atomic E-state index is 0.765. The second-order valence-corrected chi connectivity index (χ2v) is 5.29. The Kier molecular flexibility index (Phi) is 3.97. The number of hydrogen-bond donors (Lipinski definition) is 1.